The Labute approximate surface area is 115 Å². The molecule has 0 bridgehead atoms. The Bertz CT molecular complexity index is 602. The number of rotatable bonds is 2. The van der Waals surface area contributed by atoms with Crippen LogP contribution >= 0.6 is 0 Å². The van der Waals surface area contributed by atoms with Gasteiger partial charge in [0.1, 0.15) is 0 Å². The molecule has 19 heavy (non-hydrogen) atoms. The molecule has 0 aliphatic heterocycles. The van der Waals surface area contributed by atoms with E-state index in [1.165, 1.54) is 16.8 Å². The Morgan fingerprint density at radius 2 is 1.84 bits per heavy atom. The maximum absolute atomic E-state index is 4.66. The van der Waals surface area contributed by atoms with E-state index in [-0.39, 0.29) is 0 Å². The van der Waals surface area contributed by atoms with Crippen molar-refractivity contribution in [1.82, 2.24) is 0 Å². The molecule has 1 aliphatic rings. The predicted octanol–water partition coefficient (Wildman–Crippen LogP) is 4.21. The average molecular weight is 252 g/mol. The fourth-order valence-corrected chi connectivity index (χ4v) is 2.11. The number of aryl methyl sites for hydroxylation is 1. The molecule has 2 heteroatoms. The molecule has 0 unspecified atom stereocenters. The van der Waals surface area contributed by atoms with Gasteiger partial charge in [-0.25, -0.2) is 4.99 Å². The van der Waals surface area contributed by atoms with Gasteiger partial charge in [-0.1, -0.05) is 12.7 Å². The van der Waals surface area contributed by atoms with Crippen molar-refractivity contribution in [3.8, 4) is 0 Å². The van der Waals surface area contributed by atoms with Gasteiger partial charge in [0.05, 0.1) is 11.4 Å². The molecular formula is C17H20N2. The first-order valence-electron chi connectivity index (χ1n) is 6.39. The van der Waals surface area contributed by atoms with Crippen LogP contribution in [0.1, 0.15) is 12.5 Å². The van der Waals surface area contributed by atoms with Crippen molar-refractivity contribution in [2.24, 2.45) is 4.99 Å². The Hall–Kier alpha value is -2.09. The van der Waals surface area contributed by atoms with E-state index in [1.54, 1.807) is 0 Å². The van der Waals surface area contributed by atoms with Gasteiger partial charge in [0.2, 0.25) is 0 Å². The molecule has 0 heterocycles. The fourth-order valence-electron chi connectivity index (χ4n) is 2.11. The van der Waals surface area contributed by atoms with Gasteiger partial charge < -0.3 is 4.90 Å². The zero-order valence-electron chi connectivity index (χ0n) is 12.1. The fraction of sp³-hybridized carbons (Fsp3) is 0.235. The van der Waals surface area contributed by atoms with E-state index >= 15 is 0 Å². The maximum Gasteiger partial charge on any atom is 0.0641 e. The zero-order valence-corrected chi connectivity index (χ0v) is 12.1. The van der Waals surface area contributed by atoms with Crippen molar-refractivity contribution in [3.05, 3.63) is 59.7 Å². The predicted molar refractivity (Wildman–Crippen MR) is 84.6 cm³/mol. The van der Waals surface area contributed by atoms with Gasteiger partial charge in [0.25, 0.3) is 0 Å². The average Bonchev–Trinajstić information content (AvgIpc) is 2.33. The highest BCUT2D eigenvalue weighted by Gasteiger charge is 2.04. The summed E-state index contributed by atoms with van der Waals surface area (Å²) in [6.45, 7) is 8.13. The number of allylic oxidation sites excluding steroid dienone is 5. The third-order valence-electron chi connectivity index (χ3n) is 3.25. The van der Waals surface area contributed by atoms with E-state index in [2.05, 4.69) is 68.7 Å². The molecule has 1 aromatic rings. The van der Waals surface area contributed by atoms with Gasteiger partial charge in [-0.15, -0.1) is 0 Å². The molecule has 1 aromatic carbocycles. The van der Waals surface area contributed by atoms with Crippen molar-refractivity contribution in [3.63, 3.8) is 0 Å². The van der Waals surface area contributed by atoms with Gasteiger partial charge in [-0.2, -0.15) is 0 Å². The summed E-state index contributed by atoms with van der Waals surface area (Å²) in [7, 11) is 4.10. The molecule has 0 spiro atoms. The topological polar surface area (TPSA) is 15.6 Å². The van der Waals surface area contributed by atoms with Crippen LogP contribution in [-0.2, 0) is 0 Å². The molecule has 98 valence electrons. The summed E-state index contributed by atoms with van der Waals surface area (Å²) < 4.78 is 0. The lowest BCUT2D eigenvalue weighted by molar-refractivity contribution is 1.11. The van der Waals surface area contributed by atoms with Crippen LogP contribution in [0.4, 0.5) is 11.4 Å². The van der Waals surface area contributed by atoms with E-state index in [0.717, 1.165) is 17.0 Å². The van der Waals surface area contributed by atoms with Crippen molar-refractivity contribution in [2.75, 3.05) is 19.0 Å². The van der Waals surface area contributed by atoms with Crippen LogP contribution in [0.25, 0.3) is 0 Å². The monoisotopic (exact) mass is 252 g/mol. The largest absolute Gasteiger partial charge is 0.377 e. The molecule has 1 aliphatic carbocycles. The van der Waals surface area contributed by atoms with E-state index in [4.69, 9.17) is 0 Å². The first-order chi connectivity index (χ1) is 8.97. The summed E-state index contributed by atoms with van der Waals surface area (Å²) in [5.41, 5.74) is 6.64. The molecule has 0 atom stereocenters. The van der Waals surface area contributed by atoms with E-state index in [9.17, 15) is 0 Å². The lowest BCUT2D eigenvalue weighted by Crippen LogP contribution is -2.09. The molecular weight excluding hydrogens is 232 g/mol. The minimum Gasteiger partial charge on any atom is -0.377 e. The third-order valence-corrected chi connectivity index (χ3v) is 3.25. The van der Waals surface area contributed by atoms with Crippen LogP contribution < -0.4 is 4.90 Å². The first-order valence-corrected chi connectivity index (χ1v) is 6.39. The smallest absolute Gasteiger partial charge is 0.0641 e. The summed E-state index contributed by atoms with van der Waals surface area (Å²) in [5, 5.41) is 0. The Morgan fingerprint density at radius 3 is 2.42 bits per heavy atom. The van der Waals surface area contributed by atoms with Crippen LogP contribution in [0, 0.1) is 6.92 Å². The highest BCUT2D eigenvalue weighted by atomic mass is 15.1. The molecule has 0 saturated heterocycles. The van der Waals surface area contributed by atoms with Crippen LogP contribution in [0.5, 0.6) is 0 Å². The maximum atomic E-state index is 4.66. The van der Waals surface area contributed by atoms with Gasteiger partial charge >= 0.3 is 0 Å². The van der Waals surface area contributed by atoms with E-state index in [0.29, 0.717) is 0 Å². The number of benzene rings is 1. The summed E-state index contributed by atoms with van der Waals surface area (Å²) in [6, 6.07) is 6.27. The van der Waals surface area contributed by atoms with Crippen molar-refractivity contribution < 1.29 is 0 Å². The Balaban J connectivity index is 2.32. The molecule has 0 fully saturated rings. The second kappa shape index (κ2) is 5.27. The molecule has 0 saturated carbocycles. The molecule has 0 N–H and O–H groups in total. The van der Waals surface area contributed by atoms with Gasteiger partial charge in [0, 0.05) is 19.8 Å². The number of anilines is 1. The summed E-state index contributed by atoms with van der Waals surface area (Å²) in [5.74, 6) is 0. The highest BCUT2D eigenvalue weighted by Crippen LogP contribution is 2.24. The van der Waals surface area contributed by atoms with E-state index in [1.807, 2.05) is 12.2 Å². The van der Waals surface area contributed by atoms with Crippen LogP contribution in [0.2, 0.25) is 0 Å². The minimum absolute atomic E-state index is 0.974. The number of hydrogen-bond acceptors (Lipinski definition) is 2. The first kappa shape index (κ1) is 13.3. The van der Waals surface area contributed by atoms with Gasteiger partial charge in [-0.05, 0) is 60.9 Å². The Kier molecular flexibility index (Phi) is 3.70. The molecule has 0 radical (unpaired) electrons. The summed E-state index contributed by atoms with van der Waals surface area (Å²) in [6.07, 6.45) is 6.08. The highest BCUT2D eigenvalue weighted by molar-refractivity contribution is 6.07. The minimum atomic E-state index is 0.974. The molecule has 0 aromatic heterocycles. The lowest BCUT2D eigenvalue weighted by atomic mass is 10.0. The quantitative estimate of drug-likeness (QED) is 0.770. The van der Waals surface area contributed by atoms with Gasteiger partial charge in [0.15, 0.2) is 0 Å². The second-order valence-electron chi connectivity index (χ2n) is 5.09. The van der Waals surface area contributed by atoms with Crippen LogP contribution in [-0.4, -0.2) is 19.8 Å². The lowest BCUT2D eigenvalue weighted by Gasteiger charge is -2.15. The summed E-state index contributed by atoms with van der Waals surface area (Å²) in [4.78, 5) is 6.77. The third kappa shape index (κ3) is 3.02. The van der Waals surface area contributed by atoms with Crippen molar-refractivity contribution >= 4 is 17.1 Å². The van der Waals surface area contributed by atoms with Crippen LogP contribution in [0.15, 0.2) is 59.1 Å². The van der Waals surface area contributed by atoms with Gasteiger partial charge in [-0.3, -0.25) is 0 Å². The standard InChI is InChI=1S/C17H20N2/c1-12-6-7-15(10-13(12)2)18-16-8-9-17(19(4)5)14(3)11-16/h6-11H,1H2,2-5H3/b18-15+. The zero-order chi connectivity index (χ0) is 14.0. The van der Waals surface area contributed by atoms with E-state index < -0.39 is 0 Å². The molecule has 2 rings (SSSR count). The Morgan fingerprint density at radius 1 is 1.11 bits per heavy atom. The van der Waals surface area contributed by atoms with Crippen molar-refractivity contribution in [1.29, 1.82) is 0 Å². The molecule has 0 amide bonds. The second-order valence-corrected chi connectivity index (χ2v) is 5.09. The summed E-state index contributed by atoms with van der Waals surface area (Å²) >= 11 is 0. The van der Waals surface area contributed by atoms with Crippen molar-refractivity contribution in [2.45, 2.75) is 13.8 Å². The van der Waals surface area contributed by atoms with Crippen LogP contribution in [0.3, 0.4) is 0 Å². The number of hydrogen-bond donors (Lipinski definition) is 0. The number of nitrogens with zero attached hydrogens (tertiary/aromatic N) is 2. The SMILES string of the molecule is C=C1C=C/C(=N\c2ccc(N(C)C)c(C)c2)C=C1C. The molecule has 2 nitrogen and oxygen atoms in total. The normalized spacial score (nSPS) is 16.7. The number of aliphatic imine (C=N–C) groups is 1.